The molecule has 2 rings (SSSR count). The lowest BCUT2D eigenvalue weighted by molar-refractivity contribution is -0.137. The number of benzene rings is 1. The summed E-state index contributed by atoms with van der Waals surface area (Å²) in [4.78, 5) is 12.2. The van der Waals surface area contributed by atoms with Crippen molar-refractivity contribution in [1.82, 2.24) is 5.32 Å². The molecular formula is C15H20ClF3N2O2. The quantitative estimate of drug-likeness (QED) is 0.854. The zero-order chi connectivity index (χ0) is 16.3. The number of amides is 1. The first-order chi connectivity index (χ1) is 10.3. The number of anilines is 1. The zero-order valence-corrected chi connectivity index (χ0v) is 13.7. The third-order valence-electron chi connectivity index (χ3n) is 3.80. The van der Waals surface area contributed by atoms with Crippen LogP contribution in [-0.2, 0) is 11.0 Å². The lowest BCUT2D eigenvalue weighted by Crippen LogP contribution is -2.48. The molecule has 1 amide bonds. The Morgan fingerprint density at radius 1 is 1.43 bits per heavy atom. The number of carbonyl (C=O) groups is 1. The molecule has 23 heavy (non-hydrogen) atoms. The molecule has 1 aliphatic rings. The highest BCUT2D eigenvalue weighted by Gasteiger charge is 2.32. The molecule has 1 aliphatic heterocycles. The molecule has 0 saturated carbocycles. The number of ether oxygens (including phenoxy) is 1. The van der Waals surface area contributed by atoms with Crippen molar-refractivity contribution in [3.63, 3.8) is 0 Å². The fraction of sp³-hybridized carbons (Fsp3) is 0.533. The summed E-state index contributed by atoms with van der Waals surface area (Å²) in [5.74, 6) is -0.124. The third-order valence-corrected chi connectivity index (χ3v) is 3.80. The number of carbonyl (C=O) groups excluding carboxylic acids is 1. The summed E-state index contributed by atoms with van der Waals surface area (Å²) in [6.45, 7) is 5.29. The van der Waals surface area contributed by atoms with Crippen LogP contribution in [0.15, 0.2) is 18.2 Å². The standard InChI is InChI=1S/C15H19F3N2O2.ClH/c1-3-22-13-5-4-11(15(16,17)18)6-12(13)20-14(21)9(2)10-7-19-8-10;/h4-6,9-10,19H,3,7-8H2,1-2H3,(H,20,21);1H. The highest BCUT2D eigenvalue weighted by atomic mass is 35.5. The van der Waals surface area contributed by atoms with E-state index in [1.165, 1.54) is 6.07 Å². The molecule has 0 radical (unpaired) electrons. The van der Waals surface area contributed by atoms with Crippen LogP contribution < -0.4 is 15.4 Å². The zero-order valence-electron chi connectivity index (χ0n) is 12.9. The van der Waals surface area contributed by atoms with Crippen molar-refractivity contribution in [3.05, 3.63) is 23.8 Å². The smallest absolute Gasteiger partial charge is 0.416 e. The van der Waals surface area contributed by atoms with Gasteiger partial charge in [-0.2, -0.15) is 13.2 Å². The molecule has 0 aliphatic carbocycles. The van der Waals surface area contributed by atoms with Gasteiger partial charge >= 0.3 is 6.18 Å². The van der Waals surface area contributed by atoms with Gasteiger partial charge < -0.3 is 15.4 Å². The van der Waals surface area contributed by atoms with Gasteiger partial charge in [0.15, 0.2) is 0 Å². The van der Waals surface area contributed by atoms with Crippen LogP contribution >= 0.6 is 12.4 Å². The predicted octanol–water partition coefficient (Wildman–Crippen LogP) is 3.32. The molecule has 1 heterocycles. The van der Waals surface area contributed by atoms with Crippen molar-refractivity contribution >= 4 is 24.0 Å². The number of nitrogens with one attached hydrogen (secondary N) is 2. The first-order valence-corrected chi connectivity index (χ1v) is 7.18. The Balaban J connectivity index is 0.00000264. The van der Waals surface area contributed by atoms with Gasteiger partial charge in [0.05, 0.1) is 17.9 Å². The van der Waals surface area contributed by atoms with Gasteiger partial charge in [-0.25, -0.2) is 0 Å². The summed E-state index contributed by atoms with van der Waals surface area (Å²) in [6, 6.07) is 3.09. The topological polar surface area (TPSA) is 50.4 Å². The molecule has 1 aromatic carbocycles. The van der Waals surface area contributed by atoms with Gasteiger partial charge in [-0.3, -0.25) is 4.79 Å². The number of hydrogen-bond donors (Lipinski definition) is 2. The highest BCUT2D eigenvalue weighted by molar-refractivity contribution is 5.94. The molecule has 1 saturated heterocycles. The van der Waals surface area contributed by atoms with Crippen LogP contribution in [0.5, 0.6) is 5.75 Å². The van der Waals surface area contributed by atoms with Crippen LogP contribution in [0.3, 0.4) is 0 Å². The van der Waals surface area contributed by atoms with Crippen LogP contribution in [-0.4, -0.2) is 25.6 Å². The van der Waals surface area contributed by atoms with E-state index in [1.807, 2.05) is 0 Å². The van der Waals surface area contributed by atoms with E-state index in [0.717, 1.165) is 25.2 Å². The summed E-state index contributed by atoms with van der Waals surface area (Å²) < 4.78 is 43.7. The van der Waals surface area contributed by atoms with Gasteiger partial charge in [0, 0.05) is 5.92 Å². The van der Waals surface area contributed by atoms with Crippen LogP contribution in [0.25, 0.3) is 0 Å². The van der Waals surface area contributed by atoms with Gasteiger partial charge in [-0.1, -0.05) is 6.92 Å². The van der Waals surface area contributed by atoms with Crippen LogP contribution in [0.4, 0.5) is 18.9 Å². The molecule has 1 fully saturated rings. The van der Waals surface area contributed by atoms with E-state index in [0.29, 0.717) is 6.61 Å². The van der Waals surface area contributed by atoms with Gasteiger partial charge in [0.1, 0.15) is 5.75 Å². The number of rotatable bonds is 5. The molecule has 0 bridgehead atoms. The predicted molar refractivity (Wildman–Crippen MR) is 84.0 cm³/mol. The Labute approximate surface area is 139 Å². The van der Waals surface area contributed by atoms with Crippen molar-refractivity contribution in [2.75, 3.05) is 25.0 Å². The lowest BCUT2D eigenvalue weighted by Gasteiger charge is -2.31. The van der Waals surface area contributed by atoms with Crippen LogP contribution in [0.1, 0.15) is 19.4 Å². The van der Waals surface area contributed by atoms with Crippen molar-refractivity contribution in [2.24, 2.45) is 11.8 Å². The van der Waals surface area contributed by atoms with Gasteiger partial charge in [-0.05, 0) is 44.1 Å². The molecule has 8 heteroatoms. The first kappa shape index (κ1) is 19.6. The largest absolute Gasteiger partial charge is 0.492 e. The van der Waals surface area contributed by atoms with Gasteiger partial charge in [0.2, 0.25) is 5.91 Å². The van der Waals surface area contributed by atoms with Crippen molar-refractivity contribution < 1.29 is 22.7 Å². The SMILES string of the molecule is CCOc1ccc(C(F)(F)F)cc1NC(=O)C(C)C1CNC1.Cl. The lowest BCUT2D eigenvalue weighted by atomic mass is 9.88. The maximum absolute atomic E-state index is 12.8. The Morgan fingerprint density at radius 2 is 2.09 bits per heavy atom. The Hall–Kier alpha value is -1.47. The minimum Gasteiger partial charge on any atom is -0.492 e. The number of alkyl halides is 3. The minimum absolute atomic E-state index is 0. The average molecular weight is 353 g/mol. The van der Waals surface area contributed by atoms with E-state index in [9.17, 15) is 18.0 Å². The van der Waals surface area contributed by atoms with E-state index in [2.05, 4.69) is 10.6 Å². The second-order valence-corrected chi connectivity index (χ2v) is 5.34. The van der Waals surface area contributed by atoms with Gasteiger partial charge in [-0.15, -0.1) is 12.4 Å². The fourth-order valence-corrected chi connectivity index (χ4v) is 2.21. The van der Waals surface area contributed by atoms with Crippen molar-refractivity contribution in [2.45, 2.75) is 20.0 Å². The van der Waals surface area contributed by atoms with Gasteiger partial charge in [0.25, 0.3) is 0 Å². The van der Waals surface area contributed by atoms with E-state index >= 15 is 0 Å². The molecule has 1 aromatic rings. The molecular weight excluding hydrogens is 333 g/mol. The molecule has 4 nitrogen and oxygen atoms in total. The first-order valence-electron chi connectivity index (χ1n) is 7.18. The van der Waals surface area contributed by atoms with E-state index in [4.69, 9.17) is 4.74 Å². The van der Waals surface area contributed by atoms with Crippen LogP contribution in [0, 0.1) is 11.8 Å². The second kappa shape index (κ2) is 7.88. The average Bonchev–Trinajstić information content (AvgIpc) is 2.37. The molecule has 2 N–H and O–H groups in total. The fourth-order valence-electron chi connectivity index (χ4n) is 2.21. The number of hydrogen-bond acceptors (Lipinski definition) is 3. The maximum Gasteiger partial charge on any atom is 0.416 e. The summed E-state index contributed by atoms with van der Waals surface area (Å²) in [5.41, 5.74) is -0.759. The van der Waals surface area contributed by atoms with Crippen molar-refractivity contribution in [1.29, 1.82) is 0 Å². The van der Waals surface area contributed by atoms with Crippen LogP contribution in [0.2, 0.25) is 0 Å². The normalized spacial score (nSPS) is 16.0. The summed E-state index contributed by atoms with van der Waals surface area (Å²) in [6.07, 6.45) is -4.46. The highest BCUT2D eigenvalue weighted by Crippen LogP contribution is 2.35. The monoisotopic (exact) mass is 352 g/mol. The minimum atomic E-state index is -4.46. The Morgan fingerprint density at radius 3 is 2.57 bits per heavy atom. The second-order valence-electron chi connectivity index (χ2n) is 5.34. The molecule has 0 spiro atoms. The number of halogens is 4. The maximum atomic E-state index is 12.8. The third kappa shape index (κ3) is 4.75. The molecule has 1 unspecified atom stereocenters. The Bertz CT molecular complexity index is 548. The Kier molecular flexibility index (Phi) is 6.70. The molecule has 130 valence electrons. The summed E-state index contributed by atoms with van der Waals surface area (Å²) in [7, 11) is 0. The van der Waals surface area contributed by atoms with Crippen molar-refractivity contribution in [3.8, 4) is 5.75 Å². The van der Waals surface area contributed by atoms with E-state index in [-0.39, 0.29) is 41.6 Å². The van der Waals surface area contributed by atoms with E-state index < -0.39 is 11.7 Å². The molecule has 0 aromatic heterocycles. The molecule has 1 atom stereocenters. The summed E-state index contributed by atoms with van der Waals surface area (Å²) >= 11 is 0. The summed E-state index contributed by atoms with van der Waals surface area (Å²) in [5, 5.41) is 5.63. The van der Waals surface area contributed by atoms with E-state index in [1.54, 1.807) is 13.8 Å².